The Morgan fingerprint density at radius 2 is 2.24 bits per heavy atom. The highest BCUT2D eigenvalue weighted by molar-refractivity contribution is 7.09. The van der Waals surface area contributed by atoms with Gasteiger partial charge in [-0.3, -0.25) is 4.98 Å². The second kappa shape index (κ2) is 7.20. The Labute approximate surface area is 125 Å². The first-order valence-electron chi connectivity index (χ1n) is 6.07. The number of carbonyl (C=O) groups is 2. The molecule has 1 aromatic carbocycles. The maximum Gasteiger partial charge on any atom is 0.328 e. The fourth-order valence-electron chi connectivity index (χ4n) is 1.56. The quantitative estimate of drug-likeness (QED) is 0.740. The summed E-state index contributed by atoms with van der Waals surface area (Å²) in [4.78, 5) is 27.1. The number of nitrogens with one attached hydrogen (secondary N) is 2. The van der Waals surface area contributed by atoms with E-state index in [9.17, 15) is 9.59 Å². The van der Waals surface area contributed by atoms with Crippen LogP contribution in [-0.2, 0) is 11.3 Å². The SMILES string of the molecule is O=C(O)/C=C/c1cccc(NC(=O)NCc2cncs2)c1. The van der Waals surface area contributed by atoms with Gasteiger partial charge in [-0.25, -0.2) is 9.59 Å². The Kier molecular flexibility index (Phi) is 5.05. The van der Waals surface area contributed by atoms with Crippen molar-refractivity contribution >= 4 is 35.1 Å². The van der Waals surface area contributed by atoms with Crippen molar-refractivity contribution < 1.29 is 14.7 Å². The average molecular weight is 303 g/mol. The number of amides is 2. The second-order valence-electron chi connectivity index (χ2n) is 4.07. The minimum Gasteiger partial charge on any atom is -0.478 e. The van der Waals surface area contributed by atoms with Crippen molar-refractivity contribution in [2.75, 3.05) is 5.32 Å². The molecule has 2 rings (SSSR count). The third kappa shape index (κ3) is 5.07. The highest BCUT2D eigenvalue weighted by atomic mass is 32.1. The van der Waals surface area contributed by atoms with Crippen molar-refractivity contribution in [1.29, 1.82) is 0 Å². The van der Waals surface area contributed by atoms with Gasteiger partial charge in [-0.1, -0.05) is 12.1 Å². The molecule has 1 aromatic heterocycles. The largest absolute Gasteiger partial charge is 0.478 e. The fourth-order valence-corrected chi connectivity index (χ4v) is 2.09. The summed E-state index contributed by atoms with van der Waals surface area (Å²) in [6, 6.07) is 6.57. The summed E-state index contributed by atoms with van der Waals surface area (Å²) < 4.78 is 0. The number of benzene rings is 1. The number of hydrogen-bond acceptors (Lipinski definition) is 4. The van der Waals surface area contributed by atoms with E-state index in [1.165, 1.54) is 17.4 Å². The number of anilines is 1. The summed E-state index contributed by atoms with van der Waals surface area (Å²) in [7, 11) is 0. The molecule has 0 atom stereocenters. The van der Waals surface area contributed by atoms with Crippen LogP contribution in [0.25, 0.3) is 6.08 Å². The summed E-state index contributed by atoms with van der Waals surface area (Å²) in [5, 5.41) is 14.0. The van der Waals surface area contributed by atoms with E-state index in [0.717, 1.165) is 11.0 Å². The normalized spacial score (nSPS) is 10.5. The number of carboxylic acids is 1. The number of hydrogen-bond donors (Lipinski definition) is 3. The zero-order valence-electron chi connectivity index (χ0n) is 10.9. The van der Waals surface area contributed by atoms with Crippen LogP contribution in [0.5, 0.6) is 0 Å². The van der Waals surface area contributed by atoms with Crippen molar-refractivity contribution in [3.8, 4) is 0 Å². The zero-order valence-corrected chi connectivity index (χ0v) is 11.8. The van der Waals surface area contributed by atoms with Gasteiger partial charge in [0.2, 0.25) is 0 Å². The lowest BCUT2D eigenvalue weighted by Gasteiger charge is -2.07. The number of carboxylic acid groups (broad SMARTS) is 1. The summed E-state index contributed by atoms with van der Waals surface area (Å²) in [5.41, 5.74) is 2.98. The lowest BCUT2D eigenvalue weighted by Crippen LogP contribution is -2.27. The molecule has 2 aromatic rings. The average Bonchev–Trinajstić information content (AvgIpc) is 2.97. The number of nitrogens with zero attached hydrogens (tertiary/aromatic N) is 1. The monoisotopic (exact) mass is 303 g/mol. The number of carbonyl (C=O) groups excluding carboxylic acids is 1. The third-order valence-corrected chi connectivity index (χ3v) is 3.25. The van der Waals surface area contributed by atoms with Crippen LogP contribution in [0.15, 0.2) is 42.0 Å². The Bertz CT molecular complexity index is 653. The molecule has 3 N–H and O–H groups in total. The van der Waals surface area contributed by atoms with Crippen LogP contribution >= 0.6 is 11.3 Å². The molecule has 0 spiro atoms. The van der Waals surface area contributed by atoms with Gasteiger partial charge in [-0.2, -0.15) is 0 Å². The Hall–Kier alpha value is -2.67. The van der Waals surface area contributed by atoms with Gasteiger partial charge < -0.3 is 15.7 Å². The first-order valence-corrected chi connectivity index (χ1v) is 6.95. The number of aromatic nitrogens is 1. The first-order chi connectivity index (χ1) is 10.1. The lowest BCUT2D eigenvalue weighted by atomic mass is 10.2. The number of thiazole rings is 1. The van der Waals surface area contributed by atoms with E-state index in [4.69, 9.17) is 5.11 Å². The predicted octanol–water partition coefficient (Wildman–Crippen LogP) is 2.56. The highest BCUT2D eigenvalue weighted by Gasteiger charge is 2.02. The number of urea groups is 1. The topological polar surface area (TPSA) is 91.3 Å². The van der Waals surface area contributed by atoms with E-state index in [1.54, 1.807) is 36.0 Å². The summed E-state index contributed by atoms with van der Waals surface area (Å²) >= 11 is 1.46. The standard InChI is InChI=1S/C14H13N3O3S/c18-13(19)5-4-10-2-1-3-11(6-10)17-14(20)16-8-12-7-15-9-21-12/h1-7,9H,8H2,(H,18,19)(H2,16,17,20)/b5-4+. The van der Waals surface area contributed by atoms with Crippen LogP contribution in [0.2, 0.25) is 0 Å². The van der Waals surface area contributed by atoms with Gasteiger partial charge in [-0.15, -0.1) is 11.3 Å². The Morgan fingerprint density at radius 3 is 2.95 bits per heavy atom. The van der Waals surface area contributed by atoms with E-state index in [0.29, 0.717) is 17.8 Å². The van der Waals surface area contributed by atoms with Crippen LogP contribution in [0, 0.1) is 0 Å². The molecule has 6 nitrogen and oxygen atoms in total. The molecule has 0 radical (unpaired) electrons. The van der Waals surface area contributed by atoms with Crippen molar-refractivity contribution in [2.45, 2.75) is 6.54 Å². The Balaban J connectivity index is 1.91. The maximum atomic E-state index is 11.7. The van der Waals surface area contributed by atoms with Gasteiger partial charge in [0.25, 0.3) is 0 Å². The molecule has 0 fully saturated rings. The molecule has 0 aliphatic carbocycles. The Morgan fingerprint density at radius 1 is 1.38 bits per heavy atom. The molecule has 1 heterocycles. The van der Waals surface area contributed by atoms with Crippen molar-refractivity contribution in [3.63, 3.8) is 0 Å². The summed E-state index contributed by atoms with van der Waals surface area (Å²) in [6.07, 6.45) is 4.20. The molecule has 0 aliphatic heterocycles. The fraction of sp³-hybridized carbons (Fsp3) is 0.0714. The zero-order chi connectivity index (χ0) is 15.1. The van der Waals surface area contributed by atoms with Crippen LogP contribution in [-0.4, -0.2) is 22.1 Å². The van der Waals surface area contributed by atoms with Gasteiger partial charge in [0, 0.05) is 22.8 Å². The molecule has 0 aliphatic rings. The van der Waals surface area contributed by atoms with E-state index < -0.39 is 5.97 Å². The van der Waals surface area contributed by atoms with Gasteiger partial charge in [0.1, 0.15) is 0 Å². The molecular formula is C14H13N3O3S. The highest BCUT2D eigenvalue weighted by Crippen LogP contribution is 2.12. The van der Waals surface area contributed by atoms with Crippen molar-refractivity contribution in [1.82, 2.24) is 10.3 Å². The molecule has 0 bridgehead atoms. The molecule has 108 valence electrons. The van der Waals surface area contributed by atoms with Crippen LogP contribution in [0.1, 0.15) is 10.4 Å². The first kappa shape index (κ1) is 14.7. The van der Waals surface area contributed by atoms with Crippen molar-refractivity contribution in [2.24, 2.45) is 0 Å². The van der Waals surface area contributed by atoms with Gasteiger partial charge in [0.15, 0.2) is 0 Å². The van der Waals surface area contributed by atoms with Crippen molar-refractivity contribution in [3.05, 3.63) is 52.5 Å². The van der Waals surface area contributed by atoms with Crippen LogP contribution < -0.4 is 10.6 Å². The van der Waals surface area contributed by atoms with Crippen LogP contribution in [0.4, 0.5) is 10.5 Å². The summed E-state index contributed by atoms with van der Waals surface area (Å²) in [5.74, 6) is -1.02. The molecule has 0 saturated heterocycles. The van der Waals surface area contributed by atoms with Gasteiger partial charge in [0.05, 0.1) is 12.1 Å². The van der Waals surface area contributed by atoms with E-state index in [1.807, 2.05) is 0 Å². The van der Waals surface area contributed by atoms with Crippen LogP contribution in [0.3, 0.4) is 0 Å². The van der Waals surface area contributed by atoms with E-state index >= 15 is 0 Å². The number of rotatable bonds is 5. The molecule has 2 amide bonds. The smallest absolute Gasteiger partial charge is 0.328 e. The van der Waals surface area contributed by atoms with Gasteiger partial charge in [-0.05, 0) is 23.8 Å². The van der Waals surface area contributed by atoms with Gasteiger partial charge >= 0.3 is 12.0 Å². The van der Waals surface area contributed by atoms with E-state index in [-0.39, 0.29) is 6.03 Å². The molecular weight excluding hydrogens is 290 g/mol. The van der Waals surface area contributed by atoms with E-state index in [2.05, 4.69) is 15.6 Å². The molecule has 0 unspecified atom stereocenters. The molecule has 0 saturated carbocycles. The third-order valence-electron chi connectivity index (χ3n) is 2.47. The summed E-state index contributed by atoms with van der Waals surface area (Å²) in [6.45, 7) is 0.412. The molecule has 21 heavy (non-hydrogen) atoms. The number of aliphatic carboxylic acids is 1. The molecule has 7 heteroatoms. The lowest BCUT2D eigenvalue weighted by molar-refractivity contribution is -0.131. The second-order valence-corrected chi connectivity index (χ2v) is 5.04. The minimum absolute atomic E-state index is 0.331. The predicted molar refractivity (Wildman–Crippen MR) is 81.1 cm³/mol. The minimum atomic E-state index is -1.02. The maximum absolute atomic E-state index is 11.7.